The lowest BCUT2D eigenvalue weighted by molar-refractivity contribution is -0.129. The highest BCUT2D eigenvalue weighted by molar-refractivity contribution is 5.83. The van der Waals surface area contributed by atoms with Crippen LogP contribution < -0.4 is 5.73 Å². The summed E-state index contributed by atoms with van der Waals surface area (Å²) < 4.78 is 21.8. The molecule has 2 heterocycles. The number of nitrogens with zero attached hydrogens (tertiary/aromatic N) is 4. The Hall–Kier alpha value is -2.97. The van der Waals surface area contributed by atoms with Crippen molar-refractivity contribution in [1.29, 1.82) is 0 Å². The Morgan fingerprint density at radius 2 is 1.91 bits per heavy atom. The number of ether oxygens (including phenoxy) is 1. The van der Waals surface area contributed by atoms with E-state index in [-0.39, 0.29) is 31.3 Å². The standard InChI is InChI=1S/C26H34FN5O2/c1-26(2,3)24(20(12-19(27)13-28)23(33)17-34-4)25-31-22(21-14-29-10-11-30-21)16-32(25)15-18-8-6-5-7-9-18/h5-11,14,16,19-20,24H,12-13,15,17,28H2,1-4H3/t19-,20-,24?/m0/s1. The second kappa shape index (κ2) is 11.4. The lowest BCUT2D eigenvalue weighted by atomic mass is 9.69. The van der Waals surface area contributed by atoms with E-state index in [1.165, 1.54) is 7.11 Å². The van der Waals surface area contributed by atoms with Crippen LogP contribution in [0.1, 0.15) is 44.5 Å². The van der Waals surface area contributed by atoms with E-state index in [1.54, 1.807) is 18.6 Å². The lowest BCUT2D eigenvalue weighted by Gasteiger charge is -2.37. The zero-order valence-corrected chi connectivity index (χ0v) is 20.3. The second-order valence-corrected chi connectivity index (χ2v) is 9.61. The van der Waals surface area contributed by atoms with Crippen LogP contribution in [0.5, 0.6) is 0 Å². The molecule has 0 saturated carbocycles. The van der Waals surface area contributed by atoms with Crippen molar-refractivity contribution in [3.05, 3.63) is 66.5 Å². The maximum atomic E-state index is 14.6. The van der Waals surface area contributed by atoms with E-state index in [9.17, 15) is 9.18 Å². The van der Waals surface area contributed by atoms with Crippen LogP contribution >= 0.6 is 0 Å². The summed E-state index contributed by atoms with van der Waals surface area (Å²) in [7, 11) is 1.47. The SMILES string of the molecule is COCC(=O)[C@H](C[C@H](F)CN)C(c1nc(-c2cnccn2)cn1Cc1ccccc1)C(C)(C)C. The van der Waals surface area contributed by atoms with Gasteiger partial charge in [0.15, 0.2) is 5.78 Å². The quantitative estimate of drug-likeness (QED) is 0.457. The van der Waals surface area contributed by atoms with Crippen LogP contribution in [0.15, 0.2) is 55.1 Å². The molecule has 2 N–H and O–H groups in total. The fourth-order valence-electron chi connectivity index (χ4n) is 4.39. The van der Waals surface area contributed by atoms with Gasteiger partial charge in [-0.25, -0.2) is 9.37 Å². The van der Waals surface area contributed by atoms with E-state index in [0.29, 0.717) is 23.8 Å². The highest BCUT2D eigenvalue weighted by Gasteiger charge is 2.41. The molecule has 0 bridgehead atoms. The fraction of sp³-hybridized carbons (Fsp3) is 0.462. The lowest BCUT2D eigenvalue weighted by Crippen LogP contribution is -2.37. The molecule has 0 fully saturated rings. The average molecular weight is 468 g/mol. The van der Waals surface area contributed by atoms with Crippen molar-refractivity contribution < 1.29 is 13.9 Å². The summed E-state index contributed by atoms with van der Waals surface area (Å²) in [5.41, 5.74) is 7.57. The summed E-state index contributed by atoms with van der Waals surface area (Å²) in [6.07, 6.45) is 5.53. The summed E-state index contributed by atoms with van der Waals surface area (Å²) in [5, 5.41) is 0. The maximum Gasteiger partial charge on any atom is 0.162 e. The zero-order chi connectivity index (χ0) is 24.7. The first-order chi connectivity index (χ1) is 16.2. The molecule has 3 aromatic rings. The smallest absolute Gasteiger partial charge is 0.162 e. The number of benzene rings is 1. The van der Waals surface area contributed by atoms with E-state index >= 15 is 0 Å². The number of Topliss-reactive ketones (excluding diaryl/α,β-unsaturated/α-hetero) is 1. The van der Waals surface area contributed by atoms with E-state index in [4.69, 9.17) is 15.5 Å². The molecule has 34 heavy (non-hydrogen) atoms. The molecular formula is C26H34FN5O2. The number of carbonyl (C=O) groups is 1. The summed E-state index contributed by atoms with van der Waals surface area (Å²) in [5.74, 6) is -0.483. The normalized spacial score (nSPS) is 14.5. The second-order valence-electron chi connectivity index (χ2n) is 9.61. The number of aromatic nitrogens is 4. The highest BCUT2D eigenvalue weighted by Crippen LogP contribution is 2.43. The van der Waals surface area contributed by atoms with Gasteiger partial charge in [0, 0.05) is 50.6 Å². The molecule has 3 atom stereocenters. The Morgan fingerprint density at radius 1 is 1.18 bits per heavy atom. The van der Waals surface area contributed by atoms with Crippen molar-refractivity contribution in [2.45, 2.75) is 45.8 Å². The minimum absolute atomic E-state index is 0.0132. The van der Waals surface area contributed by atoms with Crippen LogP contribution in [-0.2, 0) is 16.1 Å². The molecule has 3 rings (SSSR count). The molecule has 0 aliphatic carbocycles. The largest absolute Gasteiger partial charge is 0.377 e. The van der Waals surface area contributed by atoms with Crippen LogP contribution in [0.2, 0.25) is 0 Å². The molecule has 0 aliphatic rings. The maximum absolute atomic E-state index is 14.6. The molecular weight excluding hydrogens is 433 g/mol. The third-order valence-corrected chi connectivity index (χ3v) is 5.91. The van der Waals surface area contributed by atoms with Gasteiger partial charge in [0.05, 0.1) is 6.20 Å². The van der Waals surface area contributed by atoms with Gasteiger partial charge < -0.3 is 15.0 Å². The predicted octanol–water partition coefficient (Wildman–Crippen LogP) is 4.04. The number of ketones is 1. The molecule has 0 radical (unpaired) electrons. The number of methoxy groups -OCH3 is 1. The molecule has 2 aromatic heterocycles. The Balaban J connectivity index is 2.16. The van der Waals surface area contributed by atoms with Gasteiger partial charge in [-0.2, -0.15) is 0 Å². The molecule has 7 nitrogen and oxygen atoms in total. The molecule has 0 spiro atoms. The van der Waals surface area contributed by atoms with Gasteiger partial charge in [-0.1, -0.05) is 51.1 Å². The highest BCUT2D eigenvalue weighted by atomic mass is 19.1. The van der Waals surface area contributed by atoms with Crippen molar-refractivity contribution in [2.75, 3.05) is 20.3 Å². The number of hydrogen-bond donors (Lipinski definition) is 1. The Kier molecular flexibility index (Phi) is 8.63. The Morgan fingerprint density at radius 3 is 2.50 bits per heavy atom. The number of halogens is 1. The van der Waals surface area contributed by atoms with Gasteiger partial charge in [0.1, 0.15) is 30.0 Å². The molecule has 0 amide bonds. The Bertz CT molecular complexity index is 1050. The van der Waals surface area contributed by atoms with Crippen LogP contribution in [0, 0.1) is 11.3 Å². The molecule has 0 saturated heterocycles. The van der Waals surface area contributed by atoms with Crippen molar-refractivity contribution in [1.82, 2.24) is 19.5 Å². The van der Waals surface area contributed by atoms with Gasteiger partial charge in [0.25, 0.3) is 0 Å². The summed E-state index contributed by atoms with van der Waals surface area (Å²) >= 11 is 0. The number of imidazole rings is 1. The molecule has 182 valence electrons. The topological polar surface area (TPSA) is 95.9 Å². The van der Waals surface area contributed by atoms with Crippen molar-refractivity contribution in [2.24, 2.45) is 17.1 Å². The van der Waals surface area contributed by atoms with Crippen LogP contribution in [0.4, 0.5) is 4.39 Å². The van der Waals surface area contributed by atoms with Gasteiger partial charge in [-0.3, -0.25) is 14.8 Å². The predicted molar refractivity (Wildman–Crippen MR) is 130 cm³/mol. The van der Waals surface area contributed by atoms with E-state index in [2.05, 4.69) is 9.97 Å². The first-order valence-electron chi connectivity index (χ1n) is 11.5. The van der Waals surface area contributed by atoms with E-state index in [0.717, 1.165) is 5.56 Å². The molecule has 8 heteroatoms. The van der Waals surface area contributed by atoms with Crippen molar-refractivity contribution in [3.63, 3.8) is 0 Å². The number of hydrogen-bond acceptors (Lipinski definition) is 6. The Labute approximate surface area is 200 Å². The van der Waals surface area contributed by atoms with Crippen LogP contribution in [0.25, 0.3) is 11.4 Å². The zero-order valence-electron chi connectivity index (χ0n) is 20.3. The summed E-state index contributed by atoms with van der Waals surface area (Å²) in [4.78, 5) is 26.7. The fourth-order valence-corrected chi connectivity index (χ4v) is 4.39. The number of carbonyl (C=O) groups excluding carboxylic acids is 1. The first kappa shape index (κ1) is 25.6. The minimum Gasteiger partial charge on any atom is -0.377 e. The van der Waals surface area contributed by atoms with Gasteiger partial charge in [-0.05, 0) is 17.4 Å². The average Bonchev–Trinajstić information content (AvgIpc) is 3.22. The van der Waals surface area contributed by atoms with Crippen molar-refractivity contribution in [3.8, 4) is 11.4 Å². The van der Waals surface area contributed by atoms with Gasteiger partial charge in [-0.15, -0.1) is 0 Å². The molecule has 1 aromatic carbocycles. The van der Waals surface area contributed by atoms with Crippen molar-refractivity contribution >= 4 is 5.78 Å². The number of nitrogens with two attached hydrogens (primary N) is 1. The van der Waals surface area contributed by atoms with Crippen LogP contribution in [-0.4, -0.2) is 51.7 Å². The molecule has 0 aliphatic heterocycles. The third-order valence-electron chi connectivity index (χ3n) is 5.91. The van der Waals surface area contributed by atoms with E-state index < -0.39 is 17.5 Å². The number of rotatable bonds is 11. The first-order valence-corrected chi connectivity index (χ1v) is 11.5. The van der Waals surface area contributed by atoms with Crippen LogP contribution in [0.3, 0.4) is 0 Å². The summed E-state index contributed by atoms with van der Waals surface area (Å²) in [6, 6.07) is 10.0. The van der Waals surface area contributed by atoms with Gasteiger partial charge >= 0.3 is 0 Å². The minimum atomic E-state index is -1.30. The number of alkyl halides is 1. The third kappa shape index (κ3) is 6.33. The summed E-state index contributed by atoms with van der Waals surface area (Å²) in [6.45, 7) is 6.46. The van der Waals surface area contributed by atoms with E-state index in [1.807, 2.05) is 61.9 Å². The molecule has 1 unspecified atom stereocenters. The van der Waals surface area contributed by atoms with Gasteiger partial charge in [0.2, 0.25) is 0 Å². The monoisotopic (exact) mass is 467 g/mol.